The van der Waals surface area contributed by atoms with Gasteiger partial charge in [0.15, 0.2) is 23.0 Å². The van der Waals surface area contributed by atoms with E-state index in [9.17, 15) is 23.9 Å². The average Bonchev–Trinajstić information content (AvgIpc) is 2.75. The van der Waals surface area contributed by atoms with Gasteiger partial charge in [0.2, 0.25) is 0 Å². The molecule has 2 aliphatic rings. The second-order valence-corrected chi connectivity index (χ2v) is 8.21. The van der Waals surface area contributed by atoms with Crippen molar-refractivity contribution in [3.05, 3.63) is 64.3 Å². The molecule has 184 valence electrons. The predicted octanol–water partition coefficient (Wildman–Crippen LogP) is -0.137. The van der Waals surface area contributed by atoms with Crippen LogP contribution in [0.15, 0.2) is 53.2 Å². The topological polar surface area (TPSA) is 162 Å². The highest BCUT2D eigenvalue weighted by molar-refractivity contribution is 5.92. The lowest BCUT2D eigenvalue weighted by atomic mass is 9.85. The van der Waals surface area contributed by atoms with Gasteiger partial charge in [0.05, 0.1) is 50.2 Å². The molecule has 3 rings (SSSR count). The summed E-state index contributed by atoms with van der Waals surface area (Å²) in [5.41, 5.74) is 0.574. The minimum atomic E-state index is -4.93. The first kappa shape index (κ1) is 25.4. The molecule has 1 heterocycles. The molecule has 0 bridgehead atoms. The molecule has 1 aromatic carbocycles. The van der Waals surface area contributed by atoms with Crippen LogP contribution in [0.2, 0.25) is 0 Å². The second kappa shape index (κ2) is 9.20. The van der Waals surface area contributed by atoms with Crippen LogP contribution in [0.4, 0.5) is 0 Å². The van der Waals surface area contributed by atoms with Gasteiger partial charge in [-0.2, -0.15) is 14.0 Å². The van der Waals surface area contributed by atoms with Gasteiger partial charge in [-0.05, 0) is 23.8 Å². The Morgan fingerprint density at radius 2 is 1.65 bits per heavy atom. The summed E-state index contributed by atoms with van der Waals surface area (Å²) in [5, 5.41) is 9.69. The Morgan fingerprint density at radius 1 is 1.06 bits per heavy atom. The Bertz CT molecular complexity index is 1110. The fourth-order valence-corrected chi connectivity index (χ4v) is 4.34. The van der Waals surface area contributed by atoms with E-state index in [1.54, 1.807) is 0 Å². The van der Waals surface area contributed by atoms with Gasteiger partial charge in [-0.1, -0.05) is 12.7 Å². The van der Waals surface area contributed by atoms with Crippen molar-refractivity contribution in [1.29, 1.82) is 0 Å². The molecular formula is C22H23ClO11. The third-order valence-electron chi connectivity index (χ3n) is 5.29. The molecule has 0 spiro atoms. The van der Waals surface area contributed by atoms with E-state index in [0.29, 0.717) is 11.3 Å². The van der Waals surface area contributed by atoms with Crippen molar-refractivity contribution in [3.8, 4) is 11.5 Å². The highest BCUT2D eigenvalue weighted by Gasteiger charge is 2.51. The number of methoxy groups -OCH3 is 4. The zero-order valence-electron chi connectivity index (χ0n) is 19.0. The number of carboxylic acids is 1. The van der Waals surface area contributed by atoms with Crippen LogP contribution in [-0.2, 0) is 29.1 Å². The SMILES string of the molecule is C=C1C(OC)=C(OC)C(C(=O)O)=CC1C1=Cc2cc(OC)c(OC)cc2C(C)(O[Cl+3]([O-])([O-])[O-])O1. The molecule has 1 aliphatic carbocycles. The van der Waals surface area contributed by atoms with Gasteiger partial charge in [-0.25, -0.2) is 4.79 Å². The van der Waals surface area contributed by atoms with E-state index in [-0.39, 0.29) is 39.7 Å². The first-order valence-corrected chi connectivity index (χ1v) is 10.9. The maximum Gasteiger partial charge on any atom is 0.385 e. The van der Waals surface area contributed by atoms with Crippen LogP contribution in [0, 0.1) is 16.2 Å². The average molecular weight is 499 g/mol. The molecule has 0 radical (unpaired) electrons. The number of carbonyl (C=O) groups is 1. The highest BCUT2D eigenvalue weighted by atomic mass is 35.7. The number of hydrogen-bond acceptors (Lipinski definition) is 10. The van der Waals surface area contributed by atoms with Crippen molar-refractivity contribution in [1.82, 2.24) is 0 Å². The lowest BCUT2D eigenvalue weighted by Gasteiger charge is -2.36. The number of hydrogen-bond donors (Lipinski definition) is 1. The Kier molecular flexibility index (Phi) is 6.87. The zero-order chi connectivity index (χ0) is 25.4. The summed E-state index contributed by atoms with van der Waals surface area (Å²) in [6.45, 7) is 5.20. The summed E-state index contributed by atoms with van der Waals surface area (Å²) in [4.78, 5) is 11.9. The van der Waals surface area contributed by atoms with Gasteiger partial charge in [0.1, 0.15) is 15.6 Å². The number of rotatable bonds is 8. The minimum Gasteiger partial charge on any atom is -0.493 e. The fraction of sp³-hybridized carbons (Fsp3) is 0.318. The van der Waals surface area contributed by atoms with E-state index < -0.39 is 27.9 Å². The molecule has 0 saturated carbocycles. The zero-order valence-corrected chi connectivity index (χ0v) is 19.8. The van der Waals surface area contributed by atoms with Crippen molar-refractivity contribution in [2.24, 2.45) is 5.92 Å². The van der Waals surface area contributed by atoms with Crippen LogP contribution in [0.3, 0.4) is 0 Å². The summed E-state index contributed by atoms with van der Waals surface area (Å²) in [5.74, 6) is -3.76. The summed E-state index contributed by atoms with van der Waals surface area (Å²) >= 11 is 0. The predicted molar refractivity (Wildman–Crippen MR) is 106 cm³/mol. The van der Waals surface area contributed by atoms with Gasteiger partial charge < -0.3 is 28.8 Å². The van der Waals surface area contributed by atoms with Crippen molar-refractivity contribution in [2.75, 3.05) is 28.4 Å². The number of allylic oxidation sites excluding steroid dienone is 2. The monoisotopic (exact) mass is 498 g/mol. The van der Waals surface area contributed by atoms with Crippen LogP contribution in [0.1, 0.15) is 18.1 Å². The quantitative estimate of drug-likeness (QED) is 0.507. The largest absolute Gasteiger partial charge is 0.493 e. The molecule has 0 aromatic heterocycles. The van der Waals surface area contributed by atoms with Gasteiger partial charge in [-0.15, -0.1) is 0 Å². The third-order valence-corrected chi connectivity index (χ3v) is 5.78. The minimum absolute atomic E-state index is 0.0366. The van der Waals surface area contributed by atoms with E-state index >= 15 is 0 Å². The van der Waals surface area contributed by atoms with Crippen molar-refractivity contribution in [3.63, 3.8) is 0 Å². The number of aliphatic carboxylic acids is 1. The second-order valence-electron chi connectivity index (χ2n) is 7.30. The Hall–Kier alpha value is -3.22. The summed E-state index contributed by atoms with van der Waals surface area (Å²) in [7, 11) is 0.470. The number of carboxylic acid groups (broad SMARTS) is 1. The highest BCUT2D eigenvalue weighted by Crippen LogP contribution is 2.47. The van der Waals surface area contributed by atoms with Gasteiger partial charge in [-0.3, -0.25) is 0 Å². The molecule has 1 N–H and O–H groups in total. The first-order chi connectivity index (χ1) is 15.9. The van der Waals surface area contributed by atoms with E-state index in [2.05, 4.69) is 6.58 Å². The van der Waals surface area contributed by atoms with E-state index in [0.717, 1.165) is 0 Å². The normalized spacial score (nSPS) is 22.2. The van der Waals surface area contributed by atoms with Gasteiger partial charge in [0, 0.05) is 12.5 Å². The van der Waals surface area contributed by atoms with Crippen LogP contribution >= 0.6 is 0 Å². The molecule has 1 aliphatic heterocycles. The number of benzene rings is 1. The Labute approximate surface area is 197 Å². The smallest absolute Gasteiger partial charge is 0.385 e. The molecular weight excluding hydrogens is 476 g/mol. The standard InChI is InChI=1S/C22H23ClO11/c1-11-13(9-14(21(24)25)20(32-6)19(11)31-5)16-7-12-8-17(29-3)18(30-4)10-15(12)22(2,33-16)34-23(26,27)28/h7-10,13H,1H2,2-6H3,(H,24,25). The number of ether oxygens (including phenoxy) is 5. The molecule has 12 heteroatoms. The number of fused-ring (bicyclic) bond motifs is 1. The number of halogens is 1. The summed E-state index contributed by atoms with van der Waals surface area (Å²) < 4.78 is 66.4. The van der Waals surface area contributed by atoms with Crippen molar-refractivity contribution in [2.45, 2.75) is 12.7 Å². The van der Waals surface area contributed by atoms with E-state index in [1.165, 1.54) is 59.6 Å². The Balaban J connectivity index is 2.23. The van der Waals surface area contributed by atoms with Crippen molar-refractivity contribution < 1.29 is 62.1 Å². The summed E-state index contributed by atoms with van der Waals surface area (Å²) in [6.07, 6.45) is 2.83. The lowest BCUT2D eigenvalue weighted by molar-refractivity contribution is -1.92. The van der Waals surface area contributed by atoms with Crippen LogP contribution in [-0.4, -0.2) is 39.5 Å². The summed E-state index contributed by atoms with van der Waals surface area (Å²) in [6, 6.07) is 2.95. The van der Waals surface area contributed by atoms with E-state index in [1.807, 2.05) is 0 Å². The molecule has 0 amide bonds. The van der Waals surface area contributed by atoms with E-state index in [4.69, 9.17) is 28.0 Å². The van der Waals surface area contributed by atoms with Crippen LogP contribution in [0.25, 0.3) is 6.08 Å². The Morgan fingerprint density at radius 3 is 2.15 bits per heavy atom. The maximum absolute atomic E-state index is 11.9. The molecule has 0 saturated heterocycles. The molecule has 1 aromatic rings. The third kappa shape index (κ3) is 4.56. The van der Waals surface area contributed by atoms with Crippen LogP contribution < -0.4 is 23.5 Å². The maximum atomic E-state index is 11.9. The van der Waals surface area contributed by atoms with Gasteiger partial charge in [0.25, 0.3) is 0 Å². The first-order valence-electron chi connectivity index (χ1n) is 9.64. The molecule has 2 atom stereocenters. The van der Waals surface area contributed by atoms with Crippen LogP contribution in [0.5, 0.6) is 11.5 Å². The lowest BCUT2D eigenvalue weighted by Crippen LogP contribution is -2.64. The molecule has 11 nitrogen and oxygen atoms in total. The molecule has 0 fully saturated rings. The van der Waals surface area contributed by atoms with Crippen molar-refractivity contribution >= 4 is 12.0 Å². The fourth-order valence-electron chi connectivity index (χ4n) is 3.86. The molecule has 2 unspecified atom stereocenters. The molecule has 34 heavy (non-hydrogen) atoms. The van der Waals surface area contributed by atoms with Gasteiger partial charge >= 0.3 is 11.8 Å².